The first-order chi connectivity index (χ1) is 4.30. The molecule has 0 aromatic carbocycles. The first kappa shape index (κ1) is 6.95. The number of rotatable bonds is 1. The second kappa shape index (κ2) is 3.12. The molecule has 9 heavy (non-hydrogen) atoms. The highest BCUT2D eigenvalue weighted by molar-refractivity contribution is 6.64. The maximum atomic E-state index is 10.3. The number of halogens is 1. The minimum absolute atomic E-state index is 0.169. The predicted molar refractivity (Wildman–Crippen MR) is 27.3 cm³/mol. The largest absolute Gasteiger partial charge is 0.281 e. The third kappa shape index (κ3) is 1.91. The first-order valence-electron chi connectivity index (χ1n) is 2.41. The molecule has 5 heteroatoms. The van der Waals surface area contributed by atoms with Gasteiger partial charge in [-0.1, -0.05) is 5.04 Å². The lowest BCUT2D eigenvalue weighted by Crippen LogP contribution is -2.26. The van der Waals surface area contributed by atoms with E-state index in [9.17, 15) is 4.79 Å². The van der Waals surface area contributed by atoms with E-state index in [4.69, 9.17) is 11.6 Å². The summed E-state index contributed by atoms with van der Waals surface area (Å²) in [7, 11) is 0. The van der Waals surface area contributed by atoms with Crippen LogP contribution in [0.25, 0.3) is 0 Å². The fraction of sp³-hybridized carbons (Fsp3) is 0.750. The molecule has 0 radical (unpaired) electrons. The van der Waals surface area contributed by atoms with Gasteiger partial charge >= 0.3 is 0 Å². The van der Waals surface area contributed by atoms with Gasteiger partial charge in [0.05, 0.1) is 19.1 Å². The molecule has 4 nitrogen and oxygen atoms in total. The molecular weight excluding hydrogens is 147 g/mol. The average molecular weight is 153 g/mol. The highest BCUT2D eigenvalue weighted by atomic mass is 35.5. The smallest absolute Gasteiger partial charge is 0.229 e. The van der Waals surface area contributed by atoms with Crippen LogP contribution in [-0.2, 0) is 19.6 Å². The highest BCUT2D eigenvalue weighted by Crippen LogP contribution is 2.08. The summed E-state index contributed by atoms with van der Waals surface area (Å²) < 4.78 is 0. The van der Waals surface area contributed by atoms with Crippen LogP contribution in [-0.4, -0.2) is 18.5 Å². The van der Waals surface area contributed by atoms with Crippen LogP contribution in [0, 0.1) is 5.92 Å². The highest BCUT2D eigenvalue weighted by Gasteiger charge is 2.21. The van der Waals surface area contributed by atoms with Crippen LogP contribution < -0.4 is 0 Å². The Kier molecular flexibility index (Phi) is 2.41. The van der Waals surface area contributed by atoms with Gasteiger partial charge < -0.3 is 0 Å². The Hall–Kier alpha value is -0.160. The molecule has 0 aromatic rings. The van der Waals surface area contributed by atoms with Crippen LogP contribution in [0.2, 0.25) is 0 Å². The molecule has 1 rings (SSSR count). The van der Waals surface area contributed by atoms with Gasteiger partial charge in [-0.3, -0.25) is 4.79 Å². The molecule has 0 spiro atoms. The molecule has 0 N–H and O–H groups in total. The fourth-order valence-corrected chi connectivity index (χ4v) is 0.559. The second-order valence-corrected chi connectivity index (χ2v) is 2.01. The number of hydrogen-bond acceptors (Lipinski definition) is 4. The van der Waals surface area contributed by atoms with Crippen molar-refractivity contribution in [2.45, 2.75) is 0 Å². The van der Waals surface area contributed by atoms with Gasteiger partial charge in [0.1, 0.15) is 0 Å². The minimum Gasteiger partial charge on any atom is -0.281 e. The Balaban J connectivity index is 2.31. The van der Waals surface area contributed by atoms with Gasteiger partial charge in [0, 0.05) is 0 Å². The quantitative estimate of drug-likeness (QED) is 0.400. The summed E-state index contributed by atoms with van der Waals surface area (Å²) in [5.41, 5.74) is 0. The zero-order valence-corrected chi connectivity index (χ0v) is 5.26. The maximum Gasteiger partial charge on any atom is 0.229 e. The van der Waals surface area contributed by atoms with E-state index in [0.717, 1.165) is 0 Å². The molecule has 1 aliphatic heterocycles. The molecule has 0 unspecified atom stereocenters. The van der Waals surface area contributed by atoms with Crippen molar-refractivity contribution < 1.29 is 19.6 Å². The van der Waals surface area contributed by atoms with E-state index in [1.807, 2.05) is 0 Å². The zero-order valence-electron chi connectivity index (χ0n) is 4.50. The molecule has 0 aromatic heterocycles. The van der Waals surface area contributed by atoms with Gasteiger partial charge in [-0.25, -0.2) is 9.78 Å². The molecule has 52 valence electrons. The lowest BCUT2D eigenvalue weighted by molar-refractivity contribution is -0.537. The number of carbonyl (C=O) groups is 1. The average Bonchev–Trinajstić information content (AvgIpc) is 1.90. The maximum absolute atomic E-state index is 10.3. The molecule has 1 heterocycles. The van der Waals surface area contributed by atoms with Crippen molar-refractivity contribution in [3.8, 4) is 0 Å². The van der Waals surface area contributed by atoms with Crippen molar-refractivity contribution in [1.29, 1.82) is 0 Å². The molecular formula is C4H5ClO4. The van der Waals surface area contributed by atoms with Gasteiger partial charge in [-0.15, -0.1) is 0 Å². The Morgan fingerprint density at radius 2 is 2.00 bits per heavy atom. The van der Waals surface area contributed by atoms with Crippen molar-refractivity contribution in [2.24, 2.45) is 5.92 Å². The molecule has 0 aliphatic carbocycles. The van der Waals surface area contributed by atoms with E-state index in [1.165, 1.54) is 0 Å². The molecule has 1 fully saturated rings. The lowest BCUT2D eigenvalue weighted by Gasteiger charge is -2.15. The van der Waals surface area contributed by atoms with E-state index < -0.39 is 5.24 Å². The standard InChI is InChI=1S/C4H5ClO4/c5-4(6)3-1-7-9-8-2-3/h3H,1-2H2. The van der Waals surface area contributed by atoms with Crippen LogP contribution in [0.1, 0.15) is 0 Å². The SMILES string of the molecule is O=C(Cl)C1COOOC1. The molecule has 0 saturated carbocycles. The lowest BCUT2D eigenvalue weighted by atomic mass is 10.2. The summed E-state index contributed by atoms with van der Waals surface area (Å²) >= 11 is 5.10. The van der Waals surface area contributed by atoms with Crippen molar-refractivity contribution in [3.63, 3.8) is 0 Å². The van der Waals surface area contributed by atoms with Gasteiger partial charge in [0.25, 0.3) is 0 Å². The summed E-state index contributed by atoms with van der Waals surface area (Å²) in [6, 6.07) is 0. The fourth-order valence-electron chi connectivity index (χ4n) is 0.433. The van der Waals surface area contributed by atoms with E-state index >= 15 is 0 Å². The Bertz CT molecular complexity index is 109. The van der Waals surface area contributed by atoms with Crippen LogP contribution in [0.3, 0.4) is 0 Å². The van der Waals surface area contributed by atoms with Gasteiger partial charge in [-0.2, -0.15) is 0 Å². The summed E-state index contributed by atoms with van der Waals surface area (Å²) in [6.45, 7) is 0.338. The zero-order chi connectivity index (χ0) is 6.69. The monoisotopic (exact) mass is 152 g/mol. The summed E-state index contributed by atoms with van der Waals surface area (Å²) in [5, 5.41) is 3.58. The van der Waals surface area contributed by atoms with E-state index in [1.54, 1.807) is 0 Å². The van der Waals surface area contributed by atoms with Crippen LogP contribution >= 0.6 is 11.6 Å². The predicted octanol–water partition coefficient (Wildman–Crippen LogP) is 0.261. The minimum atomic E-state index is -0.460. The summed E-state index contributed by atoms with van der Waals surface area (Å²) in [4.78, 5) is 19.0. The number of hydrogen-bond donors (Lipinski definition) is 0. The molecule has 0 amide bonds. The topological polar surface area (TPSA) is 44.8 Å². The normalized spacial score (nSPS) is 21.9. The Morgan fingerprint density at radius 3 is 2.33 bits per heavy atom. The van der Waals surface area contributed by atoms with Crippen LogP contribution in [0.4, 0.5) is 0 Å². The number of carbonyl (C=O) groups excluding carboxylic acids is 1. The van der Waals surface area contributed by atoms with E-state index in [-0.39, 0.29) is 19.1 Å². The van der Waals surface area contributed by atoms with Crippen molar-refractivity contribution in [2.75, 3.05) is 13.2 Å². The molecule has 0 atom stereocenters. The van der Waals surface area contributed by atoms with Crippen LogP contribution in [0.5, 0.6) is 0 Å². The molecule has 1 saturated heterocycles. The van der Waals surface area contributed by atoms with Crippen molar-refractivity contribution in [3.05, 3.63) is 0 Å². The van der Waals surface area contributed by atoms with Crippen LogP contribution in [0.15, 0.2) is 0 Å². The van der Waals surface area contributed by atoms with E-state index in [0.29, 0.717) is 0 Å². The van der Waals surface area contributed by atoms with Crippen molar-refractivity contribution >= 4 is 16.8 Å². The molecule has 1 aliphatic rings. The van der Waals surface area contributed by atoms with Gasteiger partial charge in [0.2, 0.25) is 5.24 Å². The van der Waals surface area contributed by atoms with Crippen molar-refractivity contribution in [1.82, 2.24) is 0 Å². The third-order valence-electron chi connectivity index (χ3n) is 0.956. The van der Waals surface area contributed by atoms with Gasteiger partial charge in [-0.05, 0) is 11.6 Å². The van der Waals surface area contributed by atoms with Gasteiger partial charge in [0.15, 0.2) is 0 Å². The second-order valence-electron chi connectivity index (χ2n) is 1.64. The summed E-state index contributed by atoms with van der Waals surface area (Å²) in [6.07, 6.45) is 0. The summed E-state index contributed by atoms with van der Waals surface area (Å²) in [5.74, 6) is -0.389. The van der Waals surface area contributed by atoms with E-state index in [2.05, 4.69) is 14.8 Å². The first-order valence-corrected chi connectivity index (χ1v) is 2.79. The molecule has 0 bridgehead atoms. The Morgan fingerprint density at radius 1 is 1.44 bits per heavy atom. The Labute approximate surface area is 56.5 Å². The third-order valence-corrected chi connectivity index (χ3v) is 1.26.